The number of esters is 1. The zero-order valence-corrected chi connectivity index (χ0v) is 19.6. The Labute approximate surface area is 206 Å². The quantitative estimate of drug-likeness (QED) is 0.237. The fourth-order valence-electron chi connectivity index (χ4n) is 3.22. The van der Waals surface area contributed by atoms with E-state index >= 15 is 0 Å². The average Bonchev–Trinajstić information content (AvgIpc) is 3.38. The second kappa shape index (κ2) is 10.5. The Kier molecular flexibility index (Phi) is 7.01. The minimum absolute atomic E-state index is 0.281. The Morgan fingerprint density at radius 2 is 1.11 bits per heavy atom. The Morgan fingerprint density at radius 1 is 0.694 bits per heavy atom. The average molecular weight is 482 g/mol. The molecule has 4 aromatic rings. The topological polar surface area (TPSA) is 123 Å². The number of allylic oxidation sites excluding steroid dienone is 1. The van der Waals surface area contributed by atoms with Crippen molar-refractivity contribution in [2.75, 3.05) is 0 Å². The van der Waals surface area contributed by atoms with Gasteiger partial charge in [0.15, 0.2) is 0 Å². The summed E-state index contributed by atoms with van der Waals surface area (Å²) in [6, 6.07) is 20.1. The molecule has 3 aromatic carbocycles. The maximum atomic E-state index is 12.4. The molecule has 9 nitrogen and oxygen atoms in total. The number of carbonyl (C=O) groups excluding carboxylic acids is 3. The van der Waals surface area contributed by atoms with Crippen molar-refractivity contribution in [1.29, 1.82) is 0 Å². The van der Waals surface area contributed by atoms with Crippen LogP contribution in [-0.4, -0.2) is 28.0 Å². The summed E-state index contributed by atoms with van der Waals surface area (Å²) in [6.45, 7) is 7.14. The number of carbonyl (C=O) groups is 3. The van der Waals surface area contributed by atoms with E-state index in [4.69, 9.17) is 9.15 Å². The summed E-state index contributed by atoms with van der Waals surface area (Å²) in [5, 5.41) is 8.19. The lowest BCUT2D eigenvalue weighted by Gasteiger charge is -2.08. The third kappa shape index (κ3) is 5.71. The molecule has 0 saturated heterocycles. The van der Waals surface area contributed by atoms with Crippen LogP contribution in [0.25, 0.3) is 28.5 Å². The Balaban J connectivity index is 1.36. The molecule has 0 aliphatic carbocycles. The van der Waals surface area contributed by atoms with Gasteiger partial charge in [0.05, 0.1) is 0 Å². The summed E-state index contributed by atoms with van der Waals surface area (Å²) in [5.41, 5.74) is 8.72. The Morgan fingerprint density at radius 3 is 1.53 bits per heavy atom. The van der Waals surface area contributed by atoms with E-state index in [1.54, 1.807) is 24.3 Å². The van der Waals surface area contributed by atoms with E-state index in [0.29, 0.717) is 28.7 Å². The maximum Gasteiger partial charge on any atom is 0.308 e. The molecule has 1 aromatic heterocycles. The zero-order valence-electron chi connectivity index (χ0n) is 19.6. The molecule has 0 aliphatic heterocycles. The van der Waals surface area contributed by atoms with Crippen molar-refractivity contribution in [2.24, 2.45) is 0 Å². The number of nitrogens with one attached hydrogen (secondary N) is 2. The maximum absolute atomic E-state index is 12.4. The van der Waals surface area contributed by atoms with Crippen LogP contribution < -0.4 is 15.6 Å². The molecule has 0 spiro atoms. The molecule has 0 aliphatic rings. The van der Waals surface area contributed by atoms with Crippen LogP contribution in [0.1, 0.15) is 40.1 Å². The lowest BCUT2D eigenvalue weighted by molar-refractivity contribution is -0.131. The van der Waals surface area contributed by atoms with Crippen molar-refractivity contribution in [3.63, 3.8) is 0 Å². The number of hydrazine groups is 1. The van der Waals surface area contributed by atoms with Gasteiger partial charge in [-0.3, -0.25) is 25.2 Å². The highest BCUT2D eigenvalue weighted by Crippen LogP contribution is 2.25. The molecule has 0 radical (unpaired) electrons. The lowest BCUT2D eigenvalue weighted by Crippen LogP contribution is -2.41. The first-order valence-electron chi connectivity index (χ1n) is 10.9. The summed E-state index contributed by atoms with van der Waals surface area (Å²) in [6.07, 6.45) is 0. The van der Waals surface area contributed by atoms with Crippen molar-refractivity contribution in [3.05, 3.63) is 96.1 Å². The molecule has 0 bridgehead atoms. The van der Waals surface area contributed by atoms with Crippen LogP contribution in [0.15, 0.2) is 83.8 Å². The standard InChI is InChI=1S/C27H22N4O5/c1-16(2)18-4-8-21(9-5-18)26-30-31-27(36-26)22-10-6-19(7-11-22)24(33)28-29-25(34)20-12-14-23(15-13-20)35-17(3)32/h4-15H,1H2,2-3H3,(H,28,33)(H,29,34). The van der Waals surface area contributed by atoms with Crippen LogP contribution in [0.5, 0.6) is 5.75 Å². The predicted molar refractivity (Wildman–Crippen MR) is 133 cm³/mol. The highest BCUT2D eigenvalue weighted by Gasteiger charge is 2.13. The fraction of sp³-hybridized carbons (Fsp3) is 0.0741. The summed E-state index contributed by atoms with van der Waals surface area (Å²) in [4.78, 5) is 35.7. The normalized spacial score (nSPS) is 10.4. The SMILES string of the molecule is C=C(C)c1ccc(-c2nnc(-c3ccc(C(=O)NNC(=O)c4ccc(OC(C)=O)cc4)cc3)o2)cc1. The van der Waals surface area contributed by atoms with Gasteiger partial charge in [0, 0.05) is 29.2 Å². The lowest BCUT2D eigenvalue weighted by atomic mass is 10.1. The second-order valence-corrected chi connectivity index (χ2v) is 7.87. The van der Waals surface area contributed by atoms with E-state index in [2.05, 4.69) is 27.6 Å². The van der Waals surface area contributed by atoms with Gasteiger partial charge in [0.25, 0.3) is 11.8 Å². The highest BCUT2D eigenvalue weighted by molar-refractivity contribution is 5.99. The van der Waals surface area contributed by atoms with Gasteiger partial charge in [-0.15, -0.1) is 10.2 Å². The number of hydrogen-bond acceptors (Lipinski definition) is 7. The zero-order chi connectivity index (χ0) is 25.7. The smallest absolute Gasteiger partial charge is 0.308 e. The molecule has 2 amide bonds. The van der Waals surface area contributed by atoms with Gasteiger partial charge >= 0.3 is 5.97 Å². The number of hydrogen-bond donors (Lipinski definition) is 2. The molecule has 1 heterocycles. The summed E-state index contributed by atoms with van der Waals surface area (Å²) in [5.74, 6) is -0.481. The molecule has 36 heavy (non-hydrogen) atoms. The molecule has 180 valence electrons. The van der Waals surface area contributed by atoms with E-state index in [0.717, 1.165) is 16.7 Å². The number of nitrogens with zero attached hydrogens (tertiary/aromatic N) is 2. The first-order chi connectivity index (χ1) is 17.3. The van der Waals surface area contributed by atoms with Crippen molar-refractivity contribution in [3.8, 4) is 28.7 Å². The largest absolute Gasteiger partial charge is 0.427 e. The van der Waals surface area contributed by atoms with Gasteiger partial charge in [-0.1, -0.05) is 24.3 Å². The molecule has 0 unspecified atom stereocenters. The van der Waals surface area contributed by atoms with Gasteiger partial charge in [0.2, 0.25) is 11.8 Å². The fourth-order valence-corrected chi connectivity index (χ4v) is 3.22. The van der Waals surface area contributed by atoms with E-state index in [-0.39, 0.29) is 5.56 Å². The summed E-state index contributed by atoms with van der Waals surface area (Å²) < 4.78 is 10.7. The van der Waals surface area contributed by atoms with Crippen LogP contribution in [0.4, 0.5) is 0 Å². The van der Waals surface area contributed by atoms with E-state index < -0.39 is 17.8 Å². The van der Waals surface area contributed by atoms with Crippen LogP contribution in [-0.2, 0) is 4.79 Å². The Bertz CT molecular complexity index is 1420. The highest BCUT2D eigenvalue weighted by atomic mass is 16.5. The van der Waals surface area contributed by atoms with Crippen molar-refractivity contribution < 1.29 is 23.5 Å². The first-order valence-corrected chi connectivity index (χ1v) is 10.9. The molecule has 0 fully saturated rings. The van der Waals surface area contributed by atoms with Crippen LogP contribution >= 0.6 is 0 Å². The van der Waals surface area contributed by atoms with Crippen molar-refractivity contribution in [1.82, 2.24) is 21.0 Å². The van der Waals surface area contributed by atoms with Gasteiger partial charge in [0.1, 0.15) is 5.75 Å². The van der Waals surface area contributed by atoms with Gasteiger partial charge in [-0.2, -0.15) is 0 Å². The minimum atomic E-state index is -0.524. The first kappa shape index (κ1) is 24.1. The number of benzene rings is 3. The molecule has 2 N–H and O–H groups in total. The molecule has 0 saturated carbocycles. The number of aromatic nitrogens is 2. The van der Waals surface area contributed by atoms with Gasteiger partial charge in [-0.25, -0.2) is 0 Å². The van der Waals surface area contributed by atoms with E-state index in [1.165, 1.54) is 31.2 Å². The third-order valence-corrected chi connectivity index (χ3v) is 5.11. The molecule has 0 atom stereocenters. The number of ether oxygens (including phenoxy) is 1. The molecule has 9 heteroatoms. The molecule has 4 rings (SSSR count). The summed E-state index contributed by atoms with van der Waals surface area (Å²) >= 11 is 0. The van der Waals surface area contributed by atoms with Crippen LogP contribution in [0.2, 0.25) is 0 Å². The van der Waals surface area contributed by atoms with E-state index in [9.17, 15) is 14.4 Å². The van der Waals surface area contributed by atoms with Gasteiger partial charge in [-0.05, 0) is 73.2 Å². The van der Waals surface area contributed by atoms with Crippen LogP contribution in [0.3, 0.4) is 0 Å². The Hall–Kier alpha value is -5.05. The van der Waals surface area contributed by atoms with Crippen molar-refractivity contribution >= 4 is 23.4 Å². The van der Waals surface area contributed by atoms with Gasteiger partial charge < -0.3 is 9.15 Å². The van der Waals surface area contributed by atoms with Crippen LogP contribution in [0, 0.1) is 0 Å². The summed E-state index contributed by atoms with van der Waals surface area (Å²) in [7, 11) is 0. The molecular formula is C27H22N4O5. The van der Waals surface area contributed by atoms with E-state index in [1.807, 2.05) is 31.2 Å². The number of amides is 2. The monoisotopic (exact) mass is 482 g/mol. The third-order valence-electron chi connectivity index (χ3n) is 5.11. The minimum Gasteiger partial charge on any atom is -0.427 e. The van der Waals surface area contributed by atoms with Crippen molar-refractivity contribution in [2.45, 2.75) is 13.8 Å². The second-order valence-electron chi connectivity index (χ2n) is 7.87. The predicted octanol–water partition coefficient (Wildman–Crippen LogP) is 4.44. The molecular weight excluding hydrogens is 460 g/mol. The number of rotatable bonds is 6.